The van der Waals surface area contributed by atoms with E-state index in [0.29, 0.717) is 39.1 Å². The van der Waals surface area contributed by atoms with E-state index in [1.54, 1.807) is 0 Å². The number of nitrogens with zero attached hydrogens (tertiary/aromatic N) is 2. The monoisotopic (exact) mass is 519 g/mol. The molecule has 198 valence electrons. The number of para-hydroxylation sites is 4. The molecule has 4 aromatic carbocycles. The fourth-order valence-electron chi connectivity index (χ4n) is 4.66. The lowest BCUT2D eigenvalue weighted by atomic mass is 10.0. The van der Waals surface area contributed by atoms with Crippen molar-refractivity contribution in [3.8, 4) is 22.6 Å². The Hall–Kier alpha value is -4.58. The molecule has 6 nitrogen and oxygen atoms in total. The van der Waals surface area contributed by atoms with Crippen LogP contribution in [0, 0.1) is 0 Å². The average molecular weight is 520 g/mol. The van der Waals surface area contributed by atoms with E-state index >= 15 is 0 Å². The van der Waals surface area contributed by atoms with E-state index in [1.165, 1.54) is 5.56 Å². The SMILES string of the molecule is CCOc1ccccc1OCCn1c(CCNC(=O)Cc2ccc(-c3ccccc3)cc2)nc2ccccc21. The topological polar surface area (TPSA) is 65.4 Å². The van der Waals surface area contributed by atoms with Gasteiger partial charge in [-0.2, -0.15) is 0 Å². The Morgan fingerprint density at radius 1 is 0.795 bits per heavy atom. The first-order chi connectivity index (χ1) is 19.2. The van der Waals surface area contributed by atoms with Crippen molar-refractivity contribution in [2.45, 2.75) is 26.3 Å². The molecule has 0 unspecified atom stereocenters. The highest BCUT2D eigenvalue weighted by molar-refractivity contribution is 5.79. The maximum absolute atomic E-state index is 12.7. The summed E-state index contributed by atoms with van der Waals surface area (Å²) in [6.45, 7) is 4.17. The first-order valence-corrected chi connectivity index (χ1v) is 13.4. The fourth-order valence-corrected chi connectivity index (χ4v) is 4.66. The summed E-state index contributed by atoms with van der Waals surface area (Å²) in [7, 11) is 0. The summed E-state index contributed by atoms with van der Waals surface area (Å²) in [6, 6.07) is 34.2. The minimum absolute atomic E-state index is 0.000914. The number of hydrogen-bond donors (Lipinski definition) is 1. The Morgan fingerprint density at radius 2 is 1.46 bits per heavy atom. The van der Waals surface area contributed by atoms with Crippen molar-refractivity contribution in [1.29, 1.82) is 0 Å². The number of hydrogen-bond acceptors (Lipinski definition) is 4. The van der Waals surface area contributed by atoms with Crippen molar-refractivity contribution in [2.24, 2.45) is 0 Å². The zero-order chi connectivity index (χ0) is 26.9. The summed E-state index contributed by atoms with van der Waals surface area (Å²) in [4.78, 5) is 17.5. The van der Waals surface area contributed by atoms with E-state index in [9.17, 15) is 4.79 Å². The molecule has 1 amide bonds. The lowest BCUT2D eigenvalue weighted by Gasteiger charge is -2.14. The smallest absolute Gasteiger partial charge is 0.224 e. The van der Waals surface area contributed by atoms with Crippen molar-refractivity contribution in [2.75, 3.05) is 19.8 Å². The molecule has 0 spiro atoms. The van der Waals surface area contributed by atoms with E-state index in [1.807, 2.05) is 79.7 Å². The normalized spacial score (nSPS) is 10.9. The number of ether oxygens (including phenoxy) is 2. The van der Waals surface area contributed by atoms with Crippen molar-refractivity contribution in [1.82, 2.24) is 14.9 Å². The summed E-state index contributed by atoms with van der Waals surface area (Å²) >= 11 is 0. The highest BCUT2D eigenvalue weighted by atomic mass is 16.5. The van der Waals surface area contributed by atoms with E-state index in [0.717, 1.165) is 39.5 Å². The van der Waals surface area contributed by atoms with Crippen LogP contribution in [-0.4, -0.2) is 35.2 Å². The first kappa shape index (κ1) is 26.0. The number of rotatable bonds is 12. The highest BCUT2D eigenvalue weighted by Crippen LogP contribution is 2.26. The van der Waals surface area contributed by atoms with Gasteiger partial charge in [-0.25, -0.2) is 4.98 Å². The zero-order valence-electron chi connectivity index (χ0n) is 22.2. The van der Waals surface area contributed by atoms with Gasteiger partial charge in [0.25, 0.3) is 0 Å². The molecule has 0 atom stereocenters. The standard InChI is InChI=1S/C33H33N3O3/c1-2-38-30-14-8-9-15-31(30)39-23-22-36-29-13-7-6-12-28(29)35-32(36)20-21-34-33(37)24-25-16-18-27(19-17-25)26-10-4-3-5-11-26/h3-19H,2,20-24H2,1H3,(H,34,37). The second-order valence-corrected chi connectivity index (χ2v) is 9.24. The lowest BCUT2D eigenvalue weighted by Crippen LogP contribution is -2.28. The highest BCUT2D eigenvalue weighted by Gasteiger charge is 2.12. The molecule has 1 aromatic heterocycles. The number of amides is 1. The molecule has 5 rings (SSSR count). The molecule has 0 saturated carbocycles. The van der Waals surface area contributed by atoms with Gasteiger partial charge in [-0.15, -0.1) is 0 Å². The van der Waals surface area contributed by atoms with E-state index < -0.39 is 0 Å². The summed E-state index contributed by atoms with van der Waals surface area (Å²) in [5.41, 5.74) is 5.29. The van der Waals surface area contributed by atoms with Crippen LogP contribution in [-0.2, 0) is 24.2 Å². The molecule has 6 heteroatoms. The summed E-state index contributed by atoms with van der Waals surface area (Å²) in [5.74, 6) is 2.40. The van der Waals surface area contributed by atoms with Crippen LogP contribution < -0.4 is 14.8 Å². The molecule has 0 bridgehead atoms. The largest absolute Gasteiger partial charge is 0.490 e. The number of nitrogens with one attached hydrogen (secondary N) is 1. The van der Waals surface area contributed by atoms with Gasteiger partial charge in [0, 0.05) is 13.0 Å². The second-order valence-electron chi connectivity index (χ2n) is 9.24. The molecular weight excluding hydrogens is 486 g/mol. The minimum Gasteiger partial charge on any atom is -0.490 e. The predicted octanol–water partition coefficient (Wildman–Crippen LogP) is 6.08. The Morgan fingerprint density at radius 3 is 2.23 bits per heavy atom. The first-order valence-electron chi connectivity index (χ1n) is 13.4. The molecule has 39 heavy (non-hydrogen) atoms. The molecule has 0 radical (unpaired) electrons. The van der Waals surface area contributed by atoms with Gasteiger partial charge in [0.05, 0.1) is 30.6 Å². The molecule has 1 heterocycles. The third kappa shape index (κ3) is 6.65. The predicted molar refractivity (Wildman–Crippen MR) is 155 cm³/mol. The Balaban J connectivity index is 1.17. The van der Waals surface area contributed by atoms with Crippen LogP contribution in [0.1, 0.15) is 18.3 Å². The van der Waals surface area contributed by atoms with E-state index in [-0.39, 0.29) is 5.91 Å². The van der Waals surface area contributed by atoms with E-state index in [4.69, 9.17) is 14.5 Å². The molecule has 0 aliphatic carbocycles. The van der Waals surface area contributed by atoms with Crippen LogP contribution >= 0.6 is 0 Å². The van der Waals surface area contributed by atoms with Gasteiger partial charge < -0.3 is 19.4 Å². The number of imidazole rings is 1. The van der Waals surface area contributed by atoms with Crippen LogP contribution in [0.25, 0.3) is 22.2 Å². The minimum atomic E-state index is 0.000914. The van der Waals surface area contributed by atoms with Gasteiger partial charge in [-0.05, 0) is 47.9 Å². The Kier molecular flexibility index (Phi) is 8.54. The van der Waals surface area contributed by atoms with Crippen LogP contribution in [0.5, 0.6) is 11.5 Å². The van der Waals surface area contributed by atoms with Crippen LogP contribution in [0.4, 0.5) is 0 Å². The van der Waals surface area contributed by atoms with Crippen molar-refractivity contribution in [3.05, 3.63) is 115 Å². The van der Waals surface area contributed by atoms with Crippen molar-refractivity contribution < 1.29 is 14.3 Å². The van der Waals surface area contributed by atoms with Crippen LogP contribution in [0.2, 0.25) is 0 Å². The summed E-state index contributed by atoms with van der Waals surface area (Å²) in [5, 5.41) is 3.06. The van der Waals surface area contributed by atoms with Crippen LogP contribution in [0.15, 0.2) is 103 Å². The van der Waals surface area contributed by atoms with Gasteiger partial charge in [0.2, 0.25) is 5.91 Å². The third-order valence-corrected chi connectivity index (χ3v) is 6.55. The second kappa shape index (κ2) is 12.8. The number of aromatic nitrogens is 2. The molecule has 0 saturated heterocycles. The number of carbonyl (C=O) groups excluding carboxylic acids is 1. The van der Waals surface area contributed by atoms with Gasteiger partial charge in [0.1, 0.15) is 12.4 Å². The Labute approximate surface area is 229 Å². The molecular formula is C33H33N3O3. The van der Waals surface area contributed by atoms with Gasteiger partial charge in [-0.1, -0.05) is 78.9 Å². The summed E-state index contributed by atoms with van der Waals surface area (Å²) in [6.07, 6.45) is 0.974. The Bertz CT molecular complexity index is 1510. The van der Waals surface area contributed by atoms with Crippen molar-refractivity contribution >= 4 is 16.9 Å². The van der Waals surface area contributed by atoms with Gasteiger partial charge in [0.15, 0.2) is 11.5 Å². The molecule has 0 fully saturated rings. The summed E-state index contributed by atoms with van der Waals surface area (Å²) < 4.78 is 13.9. The molecule has 5 aromatic rings. The van der Waals surface area contributed by atoms with Crippen LogP contribution in [0.3, 0.4) is 0 Å². The van der Waals surface area contributed by atoms with Gasteiger partial charge >= 0.3 is 0 Å². The van der Waals surface area contributed by atoms with E-state index in [2.05, 4.69) is 40.2 Å². The maximum Gasteiger partial charge on any atom is 0.224 e. The molecule has 0 aliphatic rings. The van der Waals surface area contributed by atoms with Crippen molar-refractivity contribution in [3.63, 3.8) is 0 Å². The maximum atomic E-state index is 12.7. The lowest BCUT2D eigenvalue weighted by molar-refractivity contribution is -0.120. The number of carbonyl (C=O) groups is 1. The molecule has 1 N–H and O–H groups in total. The van der Waals surface area contributed by atoms with Gasteiger partial charge in [-0.3, -0.25) is 4.79 Å². The average Bonchev–Trinajstić information content (AvgIpc) is 3.32. The molecule has 0 aliphatic heterocycles. The number of fused-ring (bicyclic) bond motifs is 1. The number of benzene rings is 4. The quantitative estimate of drug-likeness (QED) is 0.217. The zero-order valence-corrected chi connectivity index (χ0v) is 22.2. The third-order valence-electron chi connectivity index (χ3n) is 6.55. The fraction of sp³-hybridized carbons (Fsp3) is 0.212.